The molecule has 0 spiro atoms. The Hall–Kier alpha value is -1.33. The fourth-order valence-corrected chi connectivity index (χ4v) is 3.13. The molecule has 1 aromatic heterocycles. The Morgan fingerprint density at radius 1 is 1.29 bits per heavy atom. The first-order valence-electron chi connectivity index (χ1n) is 8.94. The number of likely N-dealkylation sites (tertiary alicyclic amines) is 1. The number of piperidine rings is 1. The highest BCUT2D eigenvalue weighted by Crippen LogP contribution is 2.10. The van der Waals surface area contributed by atoms with Gasteiger partial charge in [0.2, 0.25) is 0 Å². The second kappa shape index (κ2) is 10.5. The van der Waals surface area contributed by atoms with Crippen LogP contribution in [-0.2, 0) is 6.42 Å². The Bertz CT molecular complexity index is 497. The number of aromatic nitrogens is 1. The Balaban J connectivity index is 1.63. The second-order valence-electron chi connectivity index (χ2n) is 6.59. The van der Waals surface area contributed by atoms with Gasteiger partial charge in [0.25, 0.3) is 0 Å². The number of rotatable bonds is 7. The molecule has 1 aromatic rings. The lowest BCUT2D eigenvalue weighted by molar-refractivity contribution is 0.201. The van der Waals surface area contributed by atoms with Crippen LogP contribution in [0.1, 0.15) is 31.7 Å². The van der Waals surface area contributed by atoms with Crippen molar-refractivity contribution in [3.05, 3.63) is 29.0 Å². The third-order valence-electron chi connectivity index (χ3n) is 4.35. The summed E-state index contributed by atoms with van der Waals surface area (Å²) in [6, 6.07) is 3.83. The Morgan fingerprint density at radius 3 is 2.75 bits per heavy atom. The molecule has 1 atom stereocenters. The van der Waals surface area contributed by atoms with E-state index in [1.54, 1.807) is 0 Å². The SMILES string of the molecule is CN=C(NCCc1ccc(Cl)nc1)NCC(C)CN1CCCCC1. The van der Waals surface area contributed by atoms with Gasteiger partial charge in [-0.25, -0.2) is 4.98 Å². The molecule has 24 heavy (non-hydrogen) atoms. The monoisotopic (exact) mass is 351 g/mol. The molecular formula is C18H30ClN5. The summed E-state index contributed by atoms with van der Waals surface area (Å²) in [7, 11) is 1.81. The smallest absolute Gasteiger partial charge is 0.190 e. The molecule has 6 heteroatoms. The molecule has 134 valence electrons. The van der Waals surface area contributed by atoms with E-state index in [1.807, 2.05) is 25.4 Å². The average molecular weight is 352 g/mol. The predicted octanol–water partition coefficient (Wildman–Crippen LogP) is 2.56. The number of nitrogens with one attached hydrogen (secondary N) is 2. The Labute approximate surface area is 150 Å². The van der Waals surface area contributed by atoms with Gasteiger partial charge < -0.3 is 15.5 Å². The lowest BCUT2D eigenvalue weighted by Crippen LogP contribution is -2.42. The van der Waals surface area contributed by atoms with Crippen LogP contribution in [0.2, 0.25) is 5.15 Å². The number of guanidine groups is 1. The van der Waals surface area contributed by atoms with Crippen LogP contribution >= 0.6 is 11.6 Å². The van der Waals surface area contributed by atoms with E-state index < -0.39 is 0 Å². The van der Waals surface area contributed by atoms with Crippen LogP contribution in [0.15, 0.2) is 23.3 Å². The highest BCUT2D eigenvalue weighted by molar-refractivity contribution is 6.29. The maximum atomic E-state index is 5.80. The summed E-state index contributed by atoms with van der Waals surface area (Å²) < 4.78 is 0. The maximum absolute atomic E-state index is 5.80. The molecule has 0 bridgehead atoms. The first-order valence-corrected chi connectivity index (χ1v) is 9.32. The van der Waals surface area contributed by atoms with Gasteiger partial charge in [0, 0.05) is 32.9 Å². The van der Waals surface area contributed by atoms with Crippen LogP contribution in [0.4, 0.5) is 0 Å². The van der Waals surface area contributed by atoms with E-state index in [2.05, 4.69) is 32.4 Å². The minimum absolute atomic E-state index is 0.534. The van der Waals surface area contributed by atoms with Crippen molar-refractivity contribution in [2.45, 2.75) is 32.6 Å². The number of aliphatic imine (C=N–C) groups is 1. The lowest BCUT2D eigenvalue weighted by atomic mass is 10.1. The second-order valence-corrected chi connectivity index (χ2v) is 6.97. The minimum atomic E-state index is 0.534. The largest absolute Gasteiger partial charge is 0.356 e. The van der Waals surface area contributed by atoms with E-state index in [4.69, 9.17) is 11.6 Å². The highest BCUT2D eigenvalue weighted by atomic mass is 35.5. The van der Waals surface area contributed by atoms with Gasteiger partial charge in [0.1, 0.15) is 5.15 Å². The summed E-state index contributed by atoms with van der Waals surface area (Å²) in [5.74, 6) is 1.48. The summed E-state index contributed by atoms with van der Waals surface area (Å²) >= 11 is 5.80. The standard InChI is InChI=1S/C18H30ClN5/c1-15(14-24-10-4-3-5-11-24)12-23-18(20-2)21-9-8-16-6-7-17(19)22-13-16/h6-7,13,15H,3-5,8-12,14H2,1-2H3,(H2,20,21,23). The first kappa shape index (κ1) is 19.0. The van der Waals surface area contributed by atoms with Crippen LogP contribution < -0.4 is 10.6 Å². The van der Waals surface area contributed by atoms with Crippen LogP contribution in [0.5, 0.6) is 0 Å². The quantitative estimate of drug-likeness (QED) is 0.450. The molecule has 1 saturated heterocycles. The zero-order valence-corrected chi connectivity index (χ0v) is 15.6. The van der Waals surface area contributed by atoms with E-state index >= 15 is 0 Å². The van der Waals surface area contributed by atoms with Crippen molar-refractivity contribution in [3.63, 3.8) is 0 Å². The fraction of sp³-hybridized carbons (Fsp3) is 0.667. The van der Waals surface area contributed by atoms with Crippen molar-refractivity contribution in [1.29, 1.82) is 0 Å². The van der Waals surface area contributed by atoms with Gasteiger partial charge in [-0.15, -0.1) is 0 Å². The molecule has 0 amide bonds. The number of nitrogens with zero attached hydrogens (tertiary/aromatic N) is 3. The molecule has 0 radical (unpaired) electrons. The first-order chi connectivity index (χ1) is 11.7. The summed E-state index contributed by atoms with van der Waals surface area (Å²) in [5, 5.41) is 7.32. The van der Waals surface area contributed by atoms with Gasteiger partial charge in [-0.05, 0) is 49.9 Å². The van der Waals surface area contributed by atoms with Gasteiger partial charge >= 0.3 is 0 Å². The zero-order valence-electron chi connectivity index (χ0n) is 14.9. The van der Waals surface area contributed by atoms with E-state index in [0.29, 0.717) is 11.1 Å². The van der Waals surface area contributed by atoms with Gasteiger partial charge in [0.15, 0.2) is 5.96 Å². The topological polar surface area (TPSA) is 52.6 Å². The van der Waals surface area contributed by atoms with Crippen molar-refractivity contribution in [1.82, 2.24) is 20.5 Å². The molecule has 1 unspecified atom stereocenters. The number of pyridine rings is 1. The maximum Gasteiger partial charge on any atom is 0.190 e. The van der Waals surface area contributed by atoms with Gasteiger partial charge in [-0.3, -0.25) is 4.99 Å². The lowest BCUT2D eigenvalue weighted by Gasteiger charge is -2.29. The summed E-state index contributed by atoms with van der Waals surface area (Å²) in [5.41, 5.74) is 1.17. The molecule has 0 aromatic carbocycles. The van der Waals surface area contributed by atoms with E-state index in [0.717, 1.165) is 25.5 Å². The number of hydrogen-bond donors (Lipinski definition) is 2. The molecular weight excluding hydrogens is 322 g/mol. The molecule has 1 aliphatic rings. The molecule has 2 heterocycles. The van der Waals surface area contributed by atoms with Gasteiger partial charge in [-0.2, -0.15) is 0 Å². The van der Waals surface area contributed by atoms with Crippen molar-refractivity contribution in [3.8, 4) is 0 Å². The minimum Gasteiger partial charge on any atom is -0.356 e. The predicted molar refractivity (Wildman–Crippen MR) is 102 cm³/mol. The average Bonchev–Trinajstić information content (AvgIpc) is 2.60. The van der Waals surface area contributed by atoms with Crippen LogP contribution in [0.25, 0.3) is 0 Å². The van der Waals surface area contributed by atoms with Crippen LogP contribution in [0, 0.1) is 5.92 Å². The van der Waals surface area contributed by atoms with Gasteiger partial charge in [0.05, 0.1) is 0 Å². The summed E-state index contributed by atoms with van der Waals surface area (Å²) in [6.07, 6.45) is 6.81. The Kier molecular flexibility index (Phi) is 8.33. The van der Waals surface area contributed by atoms with E-state index in [-0.39, 0.29) is 0 Å². The van der Waals surface area contributed by atoms with Crippen LogP contribution in [-0.4, -0.2) is 55.6 Å². The molecule has 2 N–H and O–H groups in total. The molecule has 1 aliphatic heterocycles. The van der Waals surface area contributed by atoms with Gasteiger partial charge in [-0.1, -0.05) is 31.0 Å². The van der Waals surface area contributed by atoms with E-state index in [1.165, 1.54) is 44.5 Å². The number of halogens is 1. The third kappa shape index (κ3) is 7.05. The summed E-state index contributed by atoms with van der Waals surface area (Å²) in [4.78, 5) is 11.0. The normalized spacial score (nSPS) is 17.5. The van der Waals surface area contributed by atoms with E-state index in [9.17, 15) is 0 Å². The zero-order chi connectivity index (χ0) is 17.2. The molecule has 5 nitrogen and oxygen atoms in total. The molecule has 2 rings (SSSR count). The van der Waals surface area contributed by atoms with Crippen molar-refractivity contribution < 1.29 is 0 Å². The van der Waals surface area contributed by atoms with Crippen molar-refractivity contribution >= 4 is 17.6 Å². The van der Waals surface area contributed by atoms with Crippen molar-refractivity contribution in [2.75, 3.05) is 39.8 Å². The highest BCUT2D eigenvalue weighted by Gasteiger charge is 2.13. The Morgan fingerprint density at radius 2 is 2.08 bits per heavy atom. The fourth-order valence-electron chi connectivity index (χ4n) is 3.02. The number of hydrogen-bond acceptors (Lipinski definition) is 3. The summed E-state index contributed by atoms with van der Waals surface area (Å²) in [6.45, 7) is 7.75. The molecule has 0 aliphatic carbocycles. The van der Waals surface area contributed by atoms with Crippen molar-refractivity contribution in [2.24, 2.45) is 10.9 Å². The third-order valence-corrected chi connectivity index (χ3v) is 4.58. The molecule has 1 fully saturated rings. The molecule has 0 saturated carbocycles. The van der Waals surface area contributed by atoms with Crippen LogP contribution in [0.3, 0.4) is 0 Å².